The number of rotatable bonds is 3. The number of fused-ring (bicyclic) bond motifs is 3. The summed E-state index contributed by atoms with van der Waals surface area (Å²) >= 11 is 0. The highest BCUT2D eigenvalue weighted by Gasteiger charge is 2.60. The highest BCUT2D eigenvalue weighted by molar-refractivity contribution is 5.00. The predicted molar refractivity (Wildman–Crippen MR) is 86.2 cm³/mol. The summed E-state index contributed by atoms with van der Waals surface area (Å²) in [5.41, 5.74) is 0. The summed E-state index contributed by atoms with van der Waals surface area (Å²) in [6, 6.07) is 0. The Morgan fingerprint density at radius 1 is 0.852 bits per heavy atom. The first kappa shape index (κ1) is 19.9. The van der Waals surface area contributed by atoms with E-state index in [4.69, 9.17) is 33.2 Å². The van der Waals surface area contributed by atoms with Crippen molar-refractivity contribution in [3.8, 4) is 0 Å². The Morgan fingerprint density at radius 2 is 1.48 bits per heavy atom. The minimum atomic E-state index is -1.37. The maximum absolute atomic E-state index is 10.0. The summed E-state index contributed by atoms with van der Waals surface area (Å²) in [5, 5.41) is 29.3. The van der Waals surface area contributed by atoms with Crippen molar-refractivity contribution in [2.45, 2.75) is 94.6 Å². The molecule has 0 aromatic heterocycles. The van der Waals surface area contributed by atoms with Gasteiger partial charge in [-0.25, -0.2) is 0 Å². The van der Waals surface area contributed by atoms with E-state index in [1.165, 1.54) is 0 Å². The van der Waals surface area contributed by atoms with E-state index in [0.717, 1.165) is 0 Å². The van der Waals surface area contributed by atoms with Gasteiger partial charge in [0.25, 0.3) is 0 Å². The molecule has 0 amide bonds. The van der Waals surface area contributed by atoms with Crippen LogP contribution in [0.5, 0.6) is 0 Å². The van der Waals surface area contributed by atoms with Crippen LogP contribution in [0.3, 0.4) is 0 Å². The molecule has 4 aliphatic heterocycles. The van der Waals surface area contributed by atoms with Crippen LogP contribution in [0.4, 0.5) is 0 Å². The van der Waals surface area contributed by atoms with Gasteiger partial charge < -0.3 is 48.5 Å². The van der Waals surface area contributed by atoms with Crippen LogP contribution in [0.25, 0.3) is 0 Å². The Balaban J connectivity index is 1.44. The third-order valence-electron chi connectivity index (χ3n) is 5.13. The van der Waals surface area contributed by atoms with Crippen molar-refractivity contribution in [1.29, 1.82) is 0 Å². The van der Waals surface area contributed by atoms with Gasteiger partial charge in [-0.15, -0.1) is 0 Å². The summed E-state index contributed by atoms with van der Waals surface area (Å²) in [4.78, 5) is 0. The highest BCUT2D eigenvalue weighted by Crippen LogP contribution is 2.44. The lowest BCUT2D eigenvalue weighted by atomic mass is 9.99. The normalized spacial score (nSPS) is 51.0. The Bertz CT molecular complexity index is 554. The largest absolute Gasteiger partial charge is 0.388 e. The average Bonchev–Trinajstić information content (AvgIpc) is 3.06. The molecule has 0 unspecified atom stereocenters. The summed E-state index contributed by atoms with van der Waals surface area (Å²) in [6.07, 6.45) is -7.46. The van der Waals surface area contributed by atoms with Gasteiger partial charge in [0.1, 0.15) is 42.7 Å². The van der Waals surface area contributed by atoms with Gasteiger partial charge in [0, 0.05) is 0 Å². The lowest BCUT2D eigenvalue weighted by Gasteiger charge is -2.39. The van der Waals surface area contributed by atoms with Gasteiger partial charge in [0.05, 0.1) is 13.2 Å². The molecule has 4 aliphatic rings. The van der Waals surface area contributed by atoms with Gasteiger partial charge in [-0.05, 0) is 27.7 Å². The fourth-order valence-electron chi connectivity index (χ4n) is 3.94. The smallest absolute Gasteiger partial charge is 0.190 e. The molecule has 0 aliphatic carbocycles. The van der Waals surface area contributed by atoms with Crippen LogP contribution >= 0.6 is 0 Å². The van der Waals surface area contributed by atoms with E-state index < -0.39 is 66.9 Å². The molecule has 4 saturated heterocycles. The molecular weight excluding hydrogens is 364 g/mol. The topological polar surface area (TPSA) is 125 Å². The second kappa shape index (κ2) is 6.84. The zero-order valence-corrected chi connectivity index (χ0v) is 15.8. The first-order chi connectivity index (χ1) is 12.6. The molecule has 27 heavy (non-hydrogen) atoms. The summed E-state index contributed by atoms with van der Waals surface area (Å²) in [5.74, 6) is -1.63. The molecular formula is C17H28O10. The van der Waals surface area contributed by atoms with Gasteiger partial charge in [-0.1, -0.05) is 0 Å². The molecule has 4 rings (SSSR count). The van der Waals surface area contributed by atoms with Crippen LogP contribution in [-0.2, 0) is 33.2 Å². The molecule has 156 valence electrons. The van der Waals surface area contributed by atoms with Crippen molar-refractivity contribution in [1.82, 2.24) is 0 Å². The van der Waals surface area contributed by atoms with E-state index in [0.29, 0.717) is 0 Å². The first-order valence-corrected chi connectivity index (χ1v) is 9.20. The van der Waals surface area contributed by atoms with Crippen LogP contribution in [0, 0.1) is 0 Å². The minimum Gasteiger partial charge on any atom is -0.388 e. The van der Waals surface area contributed by atoms with Gasteiger partial charge in [-0.3, -0.25) is 0 Å². The maximum Gasteiger partial charge on any atom is 0.190 e. The number of ether oxygens (including phenoxy) is 7. The zero-order chi connectivity index (χ0) is 19.6. The molecule has 4 fully saturated rings. The molecule has 10 nitrogen and oxygen atoms in total. The van der Waals surface area contributed by atoms with E-state index in [2.05, 4.69) is 0 Å². The summed E-state index contributed by atoms with van der Waals surface area (Å²) < 4.78 is 40.7. The van der Waals surface area contributed by atoms with Gasteiger partial charge in [0.2, 0.25) is 0 Å². The molecule has 4 heterocycles. The Kier molecular flexibility index (Phi) is 5.04. The Labute approximate surface area is 157 Å². The highest BCUT2D eigenvalue weighted by atomic mass is 16.9. The van der Waals surface area contributed by atoms with Gasteiger partial charge in [-0.2, -0.15) is 0 Å². The molecule has 0 radical (unpaired) electrons. The summed E-state index contributed by atoms with van der Waals surface area (Å²) in [7, 11) is 0. The lowest BCUT2D eigenvalue weighted by molar-refractivity contribution is -0.293. The average molecular weight is 392 g/mol. The van der Waals surface area contributed by atoms with E-state index >= 15 is 0 Å². The molecule has 0 spiro atoms. The van der Waals surface area contributed by atoms with Crippen LogP contribution in [-0.4, -0.2) is 95.4 Å². The molecule has 10 heteroatoms. The van der Waals surface area contributed by atoms with Crippen molar-refractivity contribution >= 4 is 0 Å². The molecule has 0 bridgehead atoms. The fraction of sp³-hybridized carbons (Fsp3) is 1.00. The van der Waals surface area contributed by atoms with E-state index in [1.807, 2.05) is 13.8 Å². The first-order valence-electron chi connectivity index (χ1n) is 9.20. The molecule has 0 saturated carbocycles. The number of hydrogen-bond acceptors (Lipinski definition) is 10. The third kappa shape index (κ3) is 3.76. The molecule has 0 aromatic carbocycles. The molecule has 9 atom stereocenters. The van der Waals surface area contributed by atoms with Crippen molar-refractivity contribution in [3.05, 3.63) is 0 Å². The number of hydrogen-bond donors (Lipinski definition) is 3. The van der Waals surface area contributed by atoms with Gasteiger partial charge >= 0.3 is 0 Å². The Morgan fingerprint density at radius 3 is 2.22 bits per heavy atom. The maximum atomic E-state index is 10.0. The zero-order valence-electron chi connectivity index (χ0n) is 15.8. The van der Waals surface area contributed by atoms with Crippen molar-refractivity contribution in [2.24, 2.45) is 0 Å². The van der Waals surface area contributed by atoms with Crippen LogP contribution < -0.4 is 0 Å². The predicted octanol–water partition coefficient (Wildman–Crippen LogP) is -1.16. The molecule has 3 N–H and O–H groups in total. The van der Waals surface area contributed by atoms with E-state index in [1.54, 1.807) is 13.8 Å². The third-order valence-corrected chi connectivity index (χ3v) is 5.13. The SMILES string of the molecule is CC1(C)O[C@H]2[C@@H](O1)[C@@H](CO[C@@H]1OC[C@@H](O)[C@@H](O)[C@@H]1O)O[C@@H]1OC(C)(C)O[C@@H]12. The lowest BCUT2D eigenvalue weighted by Crippen LogP contribution is -2.58. The fourth-order valence-corrected chi connectivity index (χ4v) is 3.94. The van der Waals surface area contributed by atoms with E-state index in [9.17, 15) is 15.3 Å². The standard InChI is InChI=1S/C17H28O10/c1-16(2)24-11-8(6-22-14-10(20)9(19)7(18)5-21-14)23-15-13(12(11)25-16)26-17(3,4)27-15/h7-15,18-20H,5-6H2,1-4H3/t7-,8-,9-,10+,11+,12+,13-,14+,15-/m1/s1. The minimum absolute atomic E-state index is 0.0121. The van der Waals surface area contributed by atoms with Crippen molar-refractivity contribution in [2.75, 3.05) is 13.2 Å². The second-order valence-electron chi connectivity index (χ2n) is 8.29. The van der Waals surface area contributed by atoms with Crippen LogP contribution in [0.1, 0.15) is 27.7 Å². The Hall–Kier alpha value is -0.400. The second-order valence-corrected chi connectivity index (χ2v) is 8.29. The number of aliphatic hydroxyl groups is 3. The van der Waals surface area contributed by atoms with Crippen LogP contribution in [0.15, 0.2) is 0 Å². The van der Waals surface area contributed by atoms with Crippen LogP contribution in [0.2, 0.25) is 0 Å². The summed E-state index contributed by atoms with van der Waals surface area (Å²) in [6.45, 7) is 7.10. The number of aliphatic hydroxyl groups excluding tert-OH is 3. The quantitative estimate of drug-likeness (QED) is 0.541. The van der Waals surface area contributed by atoms with Gasteiger partial charge in [0.15, 0.2) is 24.2 Å². The van der Waals surface area contributed by atoms with Crippen molar-refractivity contribution < 1.29 is 48.5 Å². The van der Waals surface area contributed by atoms with Crippen molar-refractivity contribution in [3.63, 3.8) is 0 Å². The molecule has 0 aromatic rings. The van der Waals surface area contributed by atoms with E-state index in [-0.39, 0.29) is 13.2 Å². The monoisotopic (exact) mass is 392 g/mol.